The van der Waals surface area contributed by atoms with E-state index in [9.17, 15) is 4.79 Å². The van der Waals surface area contributed by atoms with E-state index in [0.29, 0.717) is 29.1 Å². The van der Waals surface area contributed by atoms with Gasteiger partial charge in [0.2, 0.25) is 0 Å². The SMILES string of the molecule is Cc1nc(NC2CCCCC2)cc(C(=O)NCCc2ccc(Cl)cc2)n1. The van der Waals surface area contributed by atoms with Crippen LogP contribution in [0.1, 0.15) is 54.0 Å². The maximum absolute atomic E-state index is 12.4. The number of benzene rings is 1. The van der Waals surface area contributed by atoms with Crippen molar-refractivity contribution in [2.24, 2.45) is 0 Å². The Hall–Kier alpha value is -2.14. The lowest BCUT2D eigenvalue weighted by Gasteiger charge is -2.23. The average molecular weight is 373 g/mol. The highest BCUT2D eigenvalue weighted by atomic mass is 35.5. The van der Waals surface area contributed by atoms with Gasteiger partial charge in [0.15, 0.2) is 0 Å². The van der Waals surface area contributed by atoms with E-state index >= 15 is 0 Å². The number of carbonyl (C=O) groups excluding carboxylic acids is 1. The second-order valence-electron chi connectivity index (χ2n) is 6.80. The monoisotopic (exact) mass is 372 g/mol. The molecule has 0 spiro atoms. The molecule has 1 fully saturated rings. The van der Waals surface area contributed by atoms with E-state index in [4.69, 9.17) is 11.6 Å². The number of hydrogen-bond donors (Lipinski definition) is 2. The Labute approximate surface area is 159 Å². The van der Waals surface area contributed by atoms with Gasteiger partial charge in [-0.1, -0.05) is 43.0 Å². The zero-order valence-electron chi connectivity index (χ0n) is 15.1. The second-order valence-corrected chi connectivity index (χ2v) is 7.23. The molecule has 1 aromatic heterocycles. The van der Waals surface area contributed by atoms with Crippen LogP contribution in [0.25, 0.3) is 0 Å². The molecule has 1 aromatic carbocycles. The number of carbonyl (C=O) groups is 1. The van der Waals surface area contributed by atoms with Crippen molar-refractivity contribution in [2.45, 2.75) is 51.5 Å². The van der Waals surface area contributed by atoms with Gasteiger partial charge in [-0.3, -0.25) is 4.79 Å². The molecule has 1 aliphatic carbocycles. The molecule has 0 aliphatic heterocycles. The molecule has 1 aliphatic rings. The van der Waals surface area contributed by atoms with Crippen LogP contribution in [0.5, 0.6) is 0 Å². The fraction of sp³-hybridized carbons (Fsp3) is 0.450. The Balaban J connectivity index is 1.56. The summed E-state index contributed by atoms with van der Waals surface area (Å²) in [5.41, 5.74) is 1.54. The molecule has 1 saturated carbocycles. The fourth-order valence-electron chi connectivity index (χ4n) is 3.28. The smallest absolute Gasteiger partial charge is 0.270 e. The Morgan fingerprint density at radius 2 is 1.88 bits per heavy atom. The maximum Gasteiger partial charge on any atom is 0.270 e. The Bertz CT molecular complexity index is 742. The summed E-state index contributed by atoms with van der Waals surface area (Å²) in [5, 5.41) is 7.11. The molecular weight excluding hydrogens is 348 g/mol. The number of halogens is 1. The van der Waals surface area contributed by atoms with Crippen LogP contribution < -0.4 is 10.6 Å². The minimum absolute atomic E-state index is 0.170. The van der Waals surface area contributed by atoms with Crippen molar-refractivity contribution >= 4 is 23.3 Å². The molecule has 6 heteroatoms. The van der Waals surface area contributed by atoms with Crippen LogP contribution in [0.2, 0.25) is 5.02 Å². The molecule has 0 atom stereocenters. The van der Waals surface area contributed by atoms with Crippen LogP contribution in [0.15, 0.2) is 30.3 Å². The normalized spacial score (nSPS) is 14.8. The molecule has 1 amide bonds. The summed E-state index contributed by atoms with van der Waals surface area (Å²) in [6.07, 6.45) is 6.87. The van der Waals surface area contributed by atoms with Gasteiger partial charge in [0.25, 0.3) is 5.91 Å². The lowest BCUT2D eigenvalue weighted by Crippen LogP contribution is -2.28. The molecule has 1 heterocycles. The van der Waals surface area contributed by atoms with Crippen LogP contribution in [0.3, 0.4) is 0 Å². The first-order chi connectivity index (χ1) is 12.6. The lowest BCUT2D eigenvalue weighted by atomic mass is 9.95. The number of rotatable bonds is 6. The third-order valence-electron chi connectivity index (χ3n) is 4.64. The minimum atomic E-state index is -0.170. The third kappa shape index (κ3) is 5.43. The summed E-state index contributed by atoms with van der Waals surface area (Å²) in [4.78, 5) is 21.2. The van der Waals surface area contributed by atoms with E-state index in [1.165, 1.54) is 19.3 Å². The van der Waals surface area contributed by atoms with E-state index < -0.39 is 0 Å². The standard InChI is InChI=1S/C20H25ClN4O/c1-14-23-18(13-19(24-14)25-17-5-3-2-4-6-17)20(26)22-12-11-15-7-9-16(21)10-8-15/h7-10,13,17H,2-6,11-12H2,1H3,(H,22,26)(H,23,24,25). The van der Waals surface area contributed by atoms with E-state index in [1.807, 2.05) is 31.2 Å². The highest BCUT2D eigenvalue weighted by Gasteiger charge is 2.16. The first-order valence-electron chi connectivity index (χ1n) is 9.25. The van der Waals surface area contributed by atoms with E-state index in [2.05, 4.69) is 20.6 Å². The molecule has 138 valence electrons. The number of anilines is 1. The molecule has 0 bridgehead atoms. The van der Waals surface area contributed by atoms with Gasteiger partial charge < -0.3 is 10.6 Å². The number of amides is 1. The summed E-state index contributed by atoms with van der Waals surface area (Å²) >= 11 is 5.89. The molecule has 5 nitrogen and oxygen atoms in total. The molecular formula is C20H25ClN4O. The average Bonchev–Trinajstić information content (AvgIpc) is 2.63. The van der Waals surface area contributed by atoms with Crippen molar-refractivity contribution in [3.63, 3.8) is 0 Å². The largest absolute Gasteiger partial charge is 0.367 e. The zero-order chi connectivity index (χ0) is 18.4. The predicted molar refractivity (Wildman–Crippen MR) is 105 cm³/mol. The van der Waals surface area contributed by atoms with E-state index in [1.54, 1.807) is 6.07 Å². The first-order valence-corrected chi connectivity index (χ1v) is 9.63. The molecule has 3 rings (SSSR count). The van der Waals surface area contributed by atoms with E-state index in [0.717, 1.165) is 30.6 Å². The summed E-state index contributed by atoms with van der Waals surface area (Å²) in [6.45, 7) is 2.37. The second kappa shape index (κ2) is 8.99. The minimum Gasteiger partial charge on any atom is -0.367 e. The number of aromatic nitrogens is 2. The zero-order valence-corrected chi connectivity index (χ0v) is 15.9. The van der Waals surface area contributed by atoms with Gasteiger partial charge in [-0.25, -0.2) is 9.97 Å². The highest BCUT2D eigenvalue weighted by molar-refractivity contribution is 6.30. The molecule has 0 saturated heterocycles. The van der Waals surface area contributed by atoms with Gasteiger partial charge in [-0.15, -0.1) is 0 Å². The fourth-order valence-corrected chi connectivity index (χ4v) is 3.40. The number of aryl methyl sites for hydroxylation is 1. The molecule has 0 radical (unpaired) electrons. The van der Waals surface area contributed by atoms with Gasteiger partial charge >= 0.3 is 0 Å². The summed E-state index contributed by atoms with van der Waals surface area (Å²) in [5.74, 6) is 1.18. The van der Waals surface area contributed by atoms with Crippen LogP contribution in [0.4, 0.5) is 5.82 Å². The topological polar surface area (TPSA) is 66.9 Å². The third-order valence-corrected chi connectivity index (χ3v) is 4.89. The Morgan fingerprint density at radius 1 is 1.15 bits per heavy atom. The first kappa shape index (κ1) is 18.6. The predicted octanol–water partition coefficient (Wildman–Crippen LogP) is 4.16. The Morgan fingerprint density at radius 3 is 2.62 bits per heavy atom. The van der Waals surface area contributed by atoms with Gasteiger partial charge in [0, 0.05) is 23.7 Å². The van der Waals surface area contributed by atoms with Crippen molar-refractivity contribution in [3.05, 3.63) is 52.4 Å². The summed E-state index contributed by atoms with van der Waals surface area (Å²) in [7, 11) is 0. The maximum atomic E-state index is 12.4. The van der Waals surface area contributed by atoms with Crippen LogP contribution >= 0.6 is 11.6 Å². The van der Waals surface area contributed by atoms with Crippen molar-refractivity contribution in [3.8, 4) is 0 Å². The van der Waals surface area contributed by atoms with Gasteiger partial charge in [-0.2, -0.15) is 0 Å². The molecule has 2 N–H and O–H groups in total. The van der Waals surface area contributed by atoms with Crippen molar-refractivity contribution in [1.29, 1.82) is 0 Å². The number of nitrogens with one attached hydrogen (secondary N) is 2. The number of nitrogens with zero attached hydrogens (tertiary/aromatic N) is 2. The van der Waals surface area contributed by atoms with Crippen molar-refractivity contribution in [2.75, 3.05) is 11.9 Å². The molecule has 0 unspecified atom stereocenters. The highest BCUT2D eigenvalue weighted by Crippen LogP contribution is 2.21. The number of hydrogen-bond acceptors (Lipinski definition) is 4. The van der Waals surface area contributed by atoms with Gasteiger partial charge in [0.05, 0.1) is 0 Å². The van der Waals surface area contributed by atoms with Crippen LogP contribution in [0, 0.1) is 6.92 Å². The van der Waals surface area contributed by atoms with E-state index in [-0.39, 0.29) is 5.91 Å². The van der Waals surface area contributed by atoms with Crippen molar-refractivity contribution < 1.29 is 4.79 Å². The van der Waals surface area contributed by atoms with Gasteiger partial charge in [0.1, 0.15) is 17.3 Å². The molecule has 2 aromatic rings. The van der Waals surface area contributed by atoms with Crippen LogP contribution in [-0.2, 0) is 6.42 Å². The summed E-state index contributed by atoms with van der Waals surface area (Å²) < 4.78 is 0. The van der Waals surface area contributed by atoms with Crippen molar-refractivity contribution in [1.82, 2.24) is 15.3 Å². The van der Waals surface area contributed by atoms with Crippen LogP contribution in [-0.4, -0.2) is 28.5 Å². The van der Waals surface area contributed by atoms with Gasteiger partial charge in [-0.05, 0) is 43.9 Å². The Kier molecular flexibility index (Phi) is 6.45. The summed E-state index contributed by atoms with van der Waals surface area (Å²) in [6, 6.07) is 9.84. The quantitative estimate of drug-likeness (QED) is 0.799. The lowest BCUT2D eigenvalue weighted by molar-refractivity contribution is 0.0949. The molecule has 26 heavy (non-hydrogen) atoms.